The number of ether oxygens (including phenoxy) is 1. The van der Waals surface area contributed by atoms with Gasteiger partial charge in [0.15, 0.2) is 5.76 Å². The van der Waals surface area contributed by atoms with E-state index in [4.69, 9.17) is 9.15 Å². The van der Waals surface area contributed by atoms with E-state index in [9.17, 15) is 4.79 Å². The Kier molecular flexibility index (Phi) is 3.78. The Balaban J connectivity index is 1.83. The molecule has 0 fully saturated rings. The number of pyridine rings is 1. The number of amides is 1. The molecule has 3 rings (SSSR count). The standard InChI is InChI=1S/C17H16N2O3/c1-19(17(20)15-7-8-16(21-2)22-15)11-12-9-10-18-14-6-4-3-5-13(12)14/h3-10H,11H2,1-2H3. The van der Waals surface area contributed by atoms with Gasteiger partial charge < -0.3 is 14.1 Å². The van der Waals surface area contributed by atoms with Crippen LogP contribution in [0, 0.1) is 0 Å². The van der Waals surface area contributed by atoms with Crippen molar-refractivity contribution in [2.75, 3.05) is 14.2 Å². The molecule has 0 radical (unpaired) electrons. The number of methoxy groups -OCH3 is 1. The van der Waals surface area contributed by atoms with Crippen LogP contribution in [-0.2, 0) is 6.54 Å². The molecule has 5 heteroatoms. The Bertz CT molecular complexity index is 805. The normalized spacial score (nSPS) is 10.6. The molecular formula is C17H16N2O3. The molecule has 112 valence electrons. The number of benzene rings is 1. The monoisotopic (exact) mass is 296 g/mol. The third-order valence-electron chi connectivity index (χ3n) is 3.49. The van der Waals surface area contributed by atoms with Crippen LogP contribution in [-0.4, -0.2) is 29.9 Å². The van der Waals surface area contributed by atoms with Gasteiger partial charge in [0.1, 0.15) is 0 Å². The summed E-state index contributed by atoms with van der Waals surface area (Å²) >= 11 is 0. The first-order valence-electron chi connectivity index (χ1n) is 6.91. The molecule has 0 aliphatic rings. The fraction of sp³-hybridized carbons (Fsp3) is 0.176. The summed E-state index contributed by atoms with van der Waals surface area (Å²) < 4.78 is 10.3. The Hall–Kier alpha value is -2.82. The maximum atomic E-state index is 12.4. The van der Waals surface area contributed by atoms with Crippen molar-refractivity contribution in [3.63, 3.8) is 0 Å². The predicted octanol–water partition coefficient (Wildman–Crippen LogP) is 3.11. The van der Waals surface area contributed by atoms with Crippen LogP contribution in [0.1, 0.15) is 16.1 Å². The molecule has 0 atom stereocenters. The second kappa shape index (κ2) is 5.89. The van der Waals surface area contributed by atoms with Gasteiger partial charge in [-0.05, 0) is 23.8 Å². The molecule has 0 saturated heterocycles. The van der Waals surface area contributed by atoms with Gasteiger partial charge in [-0.2, -0.15) is 0 Å². The molecule has 3 aromatic rings. The third kappa shape index (κ3) is 2.65. The molecule has 22 heavy (non-hydrogen) atoms. The van der Waals surface area contributed by atoms with Gasteiger partial charge in [0, 0.05) is 31.2 Å². The highest BCUT2D eigenvalue weighted by molar-refractivity contribution is 5.92. The topological polar surface area (TPSA) is 55.6 Å². The summed E-state index contributed by atoms with van der Waals surface area (Å²) in [7, 11) is 3.24. The molecule has 2 aromatic heterocycles. The van der Waals surface area contributed by atoms with E-state index in [0.29, 0.717) is 12.5 Å². The highest BCUT2D eigenvalue weighted by Crippen LogP contribution is 2.20. The number of nitrogens with zero attached hydrogens (tertiary/aromatic N) is 2. The molecule has 5 nitrogen and oxygen atoms in total. The summed E-state index contributed by atoms with van der Waals surface area (Å²) in [5.41, 5.74) is 1.96. The molecular weight excluding hydrogens is 280 g/mol. The number of rotatable bonds is 4. The number of furan rings is 1. The van der Waals surface area contributed by atoms with Crippen LogP contribution in [0.25, 0.3) is 10.9 Å². The minimum atomic E-state index is -0.191. The van der Waals surface area contributed by atoms with Crippen LogP contribution < -0.4 is 4.74 Å². The first-order valence-corrected chi connectivity index (χ1v) is 6.91. The molecule has 0 unspecified atom stereocenters. The van der Waals surface area contributed by atoms with Gasteiger partial charge in [-0.1, -0.05) is 18.2 Å². The summed E-state index contributed by atoms with van der Waals surface area (Å²) in [4.78, 5) is 18.3. The average Bonchev–Trinajstić information content (AvgIpc) is 3.03. The van der Waals surface area contributed by atoms with Gasteiger partial charge in [0.05, 0.1) is 12.6 Å². The van der Waals surface area contributed by atoms with E-state index in [2.05, 4.69) is 4.98 Å². The van der Waals surface area contributed by atoms with Crippen molar-refractivity contribution in [2.24, 2.45) is 0 Å². The van der Waals surface area contributed by atoms with E-state index >= 15 is 0 Å². The molecule has 0 saturated carbocycles. The number of fused-ring (bicyclic) bond motifs is 1. The number of para-hydroxylation sites is 1. The minimum absolute atomic E-state index is 0.191. The first kappa shape index (κ1) is 14.1. The highest BCUT2D eigenvalue weighted by atomic mass is 16.6. The number of carbonyl (C=O) groups excluding carboxylic acids is 1. The third-order valence-corrected chi connectivity index (χ3v) is 3.49. The summed E-state index contributed by atoms with van der Waals surface area (Å²) in [5.74, 6) is 0.396. The van der Waals surface area contributed by atoms with Crippen LogP contribution in [0.2, 0.25) is 0 Å². The van der Waals surface area contributed by atoms with Crippen molar-refractivity contribution in [1.29, 1.82) is 0 Å². The van der Waals surface area contributed by atoms with Crippen molar-refractivity contribution in [3.05, 3.63) is 60.0 Å². The average molecular weight is 296 g/mol. The number of carbonyl (C=O) groups is 1. The molecule has 0 aliphatic heterocycles. The number of aromatic nitrogens is 1. The lowest BCUT2D eigenvalue weighted by Gasteiger charge is -2.17. The predicted molar refractivity (Wildman–Crippen MR) is 82.8 cm³/mol. The minimum Gasteiger partial charge on any atom is -0.468 e. The van der Waals surface area contributed by atoms with Crippen LogP contribution >= 0.6 is 0 Å². The van der Waals surface area contributed by atoms with Crippen molar-refractivity contribution < 1.29 is 13.9 Å². The maximum absolute atomic E-state index is 12.4. The number of hydrogen-bond donors (Lipinski definition) is 0. The molecule has 0 spiro atoms. The van der Waals surface area contributed by atoms with Gasteiger partial charge in [0.2, 0.25) is 0 Å². The van der Waals surface area contributed by atoms with Crippen molar-refractivity contribution in [3.8, 4) is 5.95 Å². The van der Waals surface area contributed by atoms with E-state index in [1.807, 2.05) is 30.3 Å². The van der Waals surface area contributed by atoms with E-state index < -0.39 is 0 Å². The van der Waals surface area contributed by atoms with E-state index in [1.165, 1.54) is 7.11 Å². The molecule has 0 aliphatic carbocycles. The van der Waals surface area contributed by atoms with Gasteiger partial charge in [0.25, 0.3) is 11.9 Å². The lowest BCUT2D eigenvalue weighted by molar-refractivity contribution is 0.0747. The quantitative estimate of drug-likeness (QED) is 0.742. The van der Waals surface area contributed by atoms with Gasteiger partial charge in [-0.3, -0.25) is 9.78 Å². The summed E-state index contributed by atoms with van der Waals surface area (Å²) in [5, 5.41) is 1.04. The molecule has 2 heterocycles. The fourth-order valence-corrected chi connectivity index (χ4v) is 2.35. The summed E-state index contributed by atoms with van der Waals surface area (Å²) in [6.07, 6.45) is 1.76. The van der Waals surface area contributed by atoms with Crippen LogP contribution in [0.15, 0.2) is 53.1 Å². The SMILES string of the molecule is COc1ccc(C(=O)N(C)Cc2ccnc3ccccc23)o1. The smallest absolute Gasteiger partial charge is 0.289 e. The second-order valence-electron chi connectivity index (χ2n) is 4.97. The van der Waals surface area contributed by atoms with Crippen molar-refractivity contribution >= 4 is 16.8 Å². The van der Waals surface area contributed by atoms with E-state index in [0.717, 1.165) is 16.5 Å². The van der Waals surface area contributed by atoms with Crippen molar-refractivity contribution in [1.82, 2.24) is 9.88 Å². The largest absolute Gasteiger partial charge is 0.468 e. The Morgan fingerprint density at radius 2 is 2.05 bits per heavy atom. The molecule has 0 bridgehead atoms. The zero-order valence-electron chi connectivity index (χ0n) is 12.4. The van der Waals surface area contributed by atoms with E-state index in [-0.39, 0.29) is 11.7 Å². The van der Waals surface area contributed by atoms with Gasteiger partial charge in [-0.15, -0.1) is 0 Å². The van der Waals surface area contributed by atoms with E-state index in [1.54, 1.807) is 30.3 Å². The molecule has 1 aromatic carbocycles. The molecule has 1 amide bonds. The van der Waals surface area contributed by atoms with Gasteiger partial charge in [-0.25, -0.2) is 0 Å². The summed E-state index contributed by atoms with van der Waals surface area (Å²) in [6.45, 7) is 0.477. The summed E-state index contributed by atoms with van der Waals surface area (Å²) in [6, 6.07) is 13.0. The fourth-order valence-electron chi connectivity index (χ4n) is 2.35. The van der Waals surface area contributed by atoms with Gasteiger partial charge >= 0.3 is 0 Å². The van der Waals surface area contributed by atoms with Crippen LogP contribution in [0.3, 0.4) is 0 Å². The van der Waals surface area contributed by atoms with Crippen LogP contribution in [0.5, 0.6) is 5.95 Å². The zero-order valence-corrected chi connectivity index (χ0v) is 12.4. The lowest BCUT2D eigenvalue weighted by atomic mass is 10.1. The highest BCUT2D eigenvalue weighted by Gasteiger charge is 2.17. The Morgan fingerprint density at radius 1 is 1.23 bits per heavy atom. The van der Waals surface area contributed by atoms with Crippen molar-refractivity contribution in [2.45, 2.75) is 6.54 Å². The second-order valence-corrected chi connectivity index (χ2v) is 4.97. The Morgan fingerprint density at radius 3 is 2.82 bits per heavy atom. The first-order chi connectivity index (χ1) is 10.7. The zero-order chi connectivity index (χ0) is 15.5. The van der Waals surface area contributed by atoms with Crippen LogP contribution in [0.4, 0.5) is 0 Å². The number of hydrogen-bond acceptors (Lipinski definition) is 4. The maximum Gasteiger partial charge on any atom is 0.289 e. The lowest BCUT2D eigenvalue weighted by Crippen LogP contribution is -2.25. The molecule has 0 N–H and O–H groups in total. The Labute approximate surface area is 128 Å².